The summed E-state index contributed by atoms with van der Waals surface area (Å²) in [5, 5.41) is 0.362. The molecule has 0 radical (unpaired) electrons. The van der Waals surface area contributed by atoms with E-state index < -0.39 is 5.69 Å². The third-order valence-electron chi connectivity index (χ3n) is 4.78. The van der Waals surface area contributed by atoms with Crippen molar-refractivity contribution in [2.24, 2.45) is 0 Å². The van der Waals surface area contributed by atoms with E-state index in [1.54, 1.807) is 36.5 Å². The molecule has 0 unspecified atom stereocenters. The number of aromatic nitrogens is 3. The Kier molecular flexibility index (Phi) is 4.83. The SMILES string of the molecule is C=Cc1ccc(Cn2c(=O)c3cccnc3n(-c3ccccc3OC)c2=O)cc1. The fraction of sp³-hybridized carbons (Fsp3) is 0.0870. The lowest BCUT2D eigenvalue weighted by atomic mass is 10.1. The fourth-order valence-corrected chi connectivity index (χ4v) is 3.30. The van der Waals surface area contributed by atoms with Gasteiger partial charge in [0.15, 0.2) is 5.65 Å². The molecule has 0 atom stereocenters. The van der Waals surface area contributed by atoms with Crippen LogP contribution >= 0.6 is 0 Å². The van der Waals surface area contributed by atoms with Crippen LogP contribution in [0.3, 0.4) is 0 Å². The van der Waals surface area contributed by atoms with Crippen molar-refractivity contribution in [3.63, 3.8) is 0 Å². The largest absolute Gasteiger partial charge is 0.495 e. The summed E-state index contributed by atoms with van der Waals surface area (Å²) in [4.78, 5) is 30.8. The van der Waals surface area contributed by atoms with Crippen LogP contribution in [0.4, 0.5) is 0 Å². The summed E-state index contributed by atoms with van der Waals surface area (Å²) < 4.78 is 8.08. The molecule has 6 nitrogen and oxygen atoms in total. The standard InChI is InChI=1S/C23H19N3O3/c1-3-16-10-12-17(13-11-16)15-25-22(27)18-7-6-14-24-21(18)26(23(25)28)19-8-4-5-9-20(19)29-2/h3-14H,1,15H2,2H3. The third kappa shape index (κ3) is 3.25. The minimum absolute atomic E-state index is 0.148. The first-order valence-electron chi connectivity index (χ1n) is 9.09. The van der Waals surface area contributed by atoms with Gasteiger partial charge in [0, 0.05) is 6.20 Å². The van der Waals surface area contributed by atoms with Gasteiger partial charge in [0.25, 0.3) is 5.56 Å². The molecule has 4 aromatic rings. The number of ether oxygens (including phenoxy) is 1. The highest BCUT2D eigenvalue weighted by molar-refractivity contribution is 5.76. The maximum absolute atomic E-state index is 13.4. The van der Waals surface area contributed by atoms with Crippen LogP contribution in [-0.2, 0) is 6.54 Å². The second-order valence-corrected chi connectivity index (χ2v) is 6.50. The van der Waals surface area contributed by atoms with Gasteiger partial charge in [0.2, 0.25) is 0 Å². The quantitative estimate of drug-likeness (QED) is 0.529. The summed E-state index contributed by atoms with van der Waals surface area (Å²) in [5.41, 5.74) is 1.78. The predicted octanol–water partition coefficient (Wildman–Crippen LogP) is 3.25. The van der Waals surface area contributed by atoms with Crippen LogP contribution in [0, 0.1) is 0 Å². The maximum atomic E-state index is 13.4. The van der Waals surface area contributed by atoms with Crippen molar-refractivity contribution in [1.82, 2.24) is 14.1 Å². The van der Waals surface area contributed by atoms with E-state index >= 15 is 0 Å². The summed E-state index contributed by atoms with van der Waals surface area (Å²) in [6.45, 7) is 3.89. The molecule has 2 aromatic heterocycles. The highest BCUT2D eigenvalue weighted by Crippen LogP contribution is 2.22. The van der Waals surface area contributed by atoms with E-state index in [0.29, 0.717) is 22.5 Å². The molecule has 0 saturated carbocycles. The Hall–Kier alpha value is -3.93. The first-order valence-corrected chi connectivity index (χ1v) is 9.09. The number of rotatable bonds is 5. The number of methoxy groups -OCH3 is 1. The van der Waals surface area contributed by atoms with Gasteiger partial charge in [-0.25, -0.2) is 14.3 Å². The highest BCUT2D eigenvalue weighted by atomic mass is 16.5. The first kappa shape index (κ1) is 18.4. The predicted molar refractivity (Wildman–Crippen MR) is 114 cm³/mol. The first-order chi connectivity index (χ1) is 14.1. The number of para-hydroxylation sites is 2. The summed E-state index contributed by atoms with van der Waals surface area (Å²) in [5.74, 6) is 0.516. The van der Waals surface area contributed by atoms with E-state index in [9.17, 15) is 9.59 Å². The highest BCUT2D eigenvalue weighted by Gasteiger charge is 2.17. The summed E-state index contributed by atoms with van der Waals surface area (Å²) in [6, 6.07) is 18.1. The molecule has 0 spiro atoms. The van der Waals surface area contributed by atoms with Crippen molar-refractivity contribution in [2.45, 2.75) is 6.54 Å². The van der Waals surface area contributed by atoms with Crippen molar-refractivity contribution in [2.75, 3.05) is 7.11 Å². The van der Waals surface area contributed by atoms with Crippen LogP contribution < -0.4 is 16.0 Å². The topological polar surface area (TPSA) is 66.1 Å². The molecule has 0 N–H and O–H groups in total. The third-order valence-corrected chi connectivity index (χ3v) is 4.78. The Morgan fingerprint density at radius 2 is 1.79 bits per heavy atom. The normalized spacial score (nSPS) is 10.8. The van der Waals surface area contributed by atoms with Gasteiger partial charge in [-0.2, -0.15) is 0 Å². The van der Waals surface area contributed by atoms with E-state index in [1.807, 2.05) is 36.4 Å². The van der Waals surface area contributed by atoms with E-state index in [1.165, 1.54) is 16.2 Å². The zero-order valence-corrected chi connectivity index (χ0v) is 15.9. The molecule has 0 bridgehead atoms. The van der Waals surface area contributed by atoms with Crippen LogP contribution in [0.5, 0.6) is 5.75 Å². The number of pyridine rings is 1. The molecule has 2 aromatic carbocycles. The molecule has 0 aliphatic carbocycles. The number of hydrogen-bond donors (Lipinski definition) is 0. The Labute approximate surface area is 167 Å². The van der Waals surface area contributed by atoms with Crippen LogP contribution in [-0.4, -0.2) is 21.2 Å². The molecule has 6 heteroatoms. The molecule has 144 valence electrons. The van der Waals surface area contributed by atoms with E-state index in [4.69, 9.17) is 4.74 Å². The summed E-state index contributed by atoms with van der Waals surface area (Å²) in [7, 11) is 1.54. The number of nitrogens with zero attached hydrogens (tertiary/aromatic N) is 3. The van der Waals surface area contributed by atoms with Crippen LogP contribution in [0.1, 0.15) is 11.1 Å². The van der Waals surface area contributed by atoms with Gasteiger partial charge in [0.1, 0.15) is 5.75 Å². The number of fused-ring (bicyclic) bond motifs is 1. The molecule has 0 saturated heterocycles. The Morgan fingerprint density at radius 1 is 1.03 bits per heavy atom. The smallest absolute Gasteiger partial charge is 0.337 e. The van der Waals surface area contributed by atoms with Crippen molar-refractivity contribution in [3.8, 4) is 11.4 Å². The molecular formula is C23H19N3O3. The summed E-state index contributed by atoms with van der Waals surface area (Å²) in [6.07, 6.45) is 3.30. The van der Waals surface area contributed by atoms with Gasteiger partial charge in [0.05, 0.1) is 24.7 Å². The lowest BCUT2D eigenvalue weighted by Crippen LogP contribution is -2.40. The summed E-state index contributed by atoms with van der Waals surface area (Å²) >= 11 is 0. The van der Waals surface area contributed by atoms with Gasteiger partial charge in [-0.05, 0) is 35.4 Å². The van der Waals surface area contributed by atoms with E-state index in [-0.39, 0.29) is 12.1 Å². The molecule has 0 aliphatic heterocycles. The van der Waals surface area contributed by atoms with E-state index in [2.05, 4.69) is 11.6 Å². The lowest BCUT2D eigenvalue weighted by molar-refractivity contribution is 0.412. The lowest BCUT2D eigenvalue weighted by Gasteiger charge is -2.15. The van der Waals surface area contributed by atoms with Crippen molar-refractivity contribution in [3.05, 3.63) is 105 Å². The van der Waals surface area contributed by atoms with Crippen molar-refractivity contribution >= 4 is 17.1 Å². The maximum Gasteiger partial charge on any atom is 0.337 e. The second-order valence-electron chi connectivity index (χ2n) is 6.50. The van der Waals surface area contributed by atoms with Crippen LogP contribution in [0.25, 0.3) is 22.8 Å². The monoisotopic (exact) mass is 385 g/mol. The van der Waals surface area contributed by atoms with Gasteiger partial charge in [-0.3, -0.25) is 9.36 Å². The second kappa shape index (κ2) is 7.59. The minimum atomic E-state index is -0.474. The minimum Gasteiger partial charge on any atom is -0.495 e. The molecule has 0 aliphatic rings. The van der Waals surface area contributed by atoms with Crippen LogP contribution in [0.15, 0.2) is 83.0 Å². The molecule has 0 fully saturated rings. The number of benzene rings is 2. The van der Waals surface area contributed by atoms with Gasteiger partial charge < -0.3 is 4.74 Å². The average molecular weight is 385 g/mol. The van der Waals surface area contributed by atoms with Crippen molar-refractivity contribution in [1.29, 1.82) is 0 Å². The Balaban J connectivity index is 2.00. The fourth-order valence-electron chi connectivity index (χ4n) is 3.30. The number of hydrogen-bond acceptors (Lipinski definition) is 4. The van der Waals surface area contributed by atoms with Crippen molar-refractivity contribution < 1.29 is 4.74 Å². The van der Waals surface area contributed by atoms with Gasteiger partial charge in [-0.1, -0.05) is 49.1 Å². The van der Waals surface area contributed by atoms with Gasteiger partial charge in [-0.15, -0.1) is 0 Å². The van der Waals surface area contributed by atoms with Gasteiger partial charge >= 0.3 is 5.69 Å². The Morgan fingerprint density at radius 3 is 2.52 bits per heavy atom. The molecule has 29 heavy (non-hydrogen) atoms. The molecule has 4 rings (SSSR count). The zero-order chi connectivity index (χ0) is 20.4. The average Bonchev–Trinajstić information content (AvgIpc) is 2.77. The zero-order valence-electron chi connectivity index (χ0n) is 15.9. The van der Waals surface area contributed by atoms with Crippen LogP contribution in [0.2, 0.25) is 0 Å². The Bertz CT molecular complexity index is 1320. The molecule has 2 heterocycles. The molecule has 0 amide bonds. The molecular weight excluding hydrogens is 366 g/mol. The van der Waals surface area contributed by atoms with E-state index in [0.717, 1.165) is 11.1 Å².